The first-order valence-electron chi connectivity index (χ1n) is 7.84. The topological polar surface area (TPSA) is 118 Å². The van der Waals surface area contributed by atoms with E-state index >= 15 is 0 Å². The zero-order chi connectivity index (χ0) is 18.6. The molecule has 0 saturated carbocycles. The quantitative estimate of drug-likeness (QED) is 0.548. The highest BCUT2D eigenvalue weighted by Gasteiger charge is 2.27. The van der Waals surface area contributed by atoms with Gasteiger partial charge in [-0.3, -0.25) is 10.1 Å². The highest BCUT2D eigenvalue weighted by Crippen LogP contribution is 2.24. The third-order valence-corrected chi connectivity index (χ3v) is 3.79. The van der Waals surface area contributed by atoms with E-state index in [0.29, 0.717) is 29.2 Å². The van der Waals surface area contributed by atoms with Crippen LogP contribution in [0.2, 0.25) is 0 Å². The van der Waals surface area contributed by atoms with Gasteiger partial charge in [0.25, 0.3) is 5.69 Å². The fourth-order valence-corrected chi connectivity index (χ4v) is 2.35. The standard InChI is InChI=1S/C17H21N3O5/c1-4-12-6-7-13(9-14(12)20(23)24)19-16(21)18-10-17(3,22)15-8-5-11(2)25-15/h5-9,22H,4,10H2,1-3H3,(H2,18,19,21). The van der Waals surface area contributed by atoms with Crippen LogP contribution in [0.3, 0.4) is 0 Å². The summed E-state index contributed by atoms with van der Waals surface area (Å²) in [6.07, 6.45) is 0.522. The number of carbonyl (C=O) groups excluding carboxylic acids is 1. The van der Waals surface area contributed by atoms with Crippen LogP contribution in [0, 0.1) is 17.0 Å². The van der Waals surface area contributed by atoms with Crippen molar-refractivity contribution in [2.45, 2.75) is 32.8 Å². The lowest BCUT2D eigenvalue weighted by Gasteiger charge is -2.21. The molecule has 2 amide bonds. The number of anilines is 1. The second-order valence-electron chi connectivity index (χ2n) is 5.95. The Morgan fingerprint density at radius 2 is 2.08 bits per heavy atom. The Balaban J connectivity index is 2.00. The molecular weight excluding hydrogens is 326 g/mol. The van der Waals surface area contributed by atoms with Gasteiger partial charge in [-0.25, -0.2) is 4.79 Å². The van der Waals surface area contributed by atoms with Gasteiger partial charge in [0.15, 0.2) is 0 Å². The minimum Gasteiger partial charge on any atom is -0.463 e. The Bertz CT molecular complexity index is 782. The molecule has 134 valence electrons. The van der Waals surface area contributed by atoms with Crippen molar-refractivity contribution in [1.82, 2.24) is 5.32 Å². The van der Waals surface area contributed by atoms with Crippen molar-refractivity contribution in [2.24, 2.45) is 0 Å². The van der Waals surface area contributed by atoms with Gasteiger partial charge in [-0.2, -0.15) is 0 Å². The molecule has 0 bridgehead atoms. The zero-order valence-electron chi connectivity index (χ0n) is 14.3. The fourth-order valence-electron chi connectivity index (χ4n) is 2.35. The Morgan fingerprint density at radius 3 is 2.64 bits per heavy atom. The SMILES string of the molecule is CCc1ccc(NC(=O)NCC(C)(O)c2ccc(C)o2)cc1[N+](=O)[O-]. The maximum Gasteiger partial charge on any atom is 0.319 e. The first kappa shape index (κ1) is 18.5. The molecule has 0 aliphatic carbocycles. The Morgan fingerprint density at radius 1 is 1.36 bits per heavy atom. The number of carbonyl (C=O) groups is 1. The Hall–Kier alpha value is -2.87. The first-order chi connectivity index (χ1) is 11.7. The van der Waals surface area contributed by atoms with Crippen molar-refractivity contribution in [1.29, 1.82) is 0 Å². The van der Waals surface area contributed by atoms with Crippen LogP contribution in [0.5, 0.6) is 0 Å². The van der Waals surface area contributed by atoms with Crippen LogP contribution in [0.15, 0.2) is 34.7 Å². The van der Waals surface area contributed by atoms with Gasteiger partial charge >= 0.3 is 6.03 Å². The number of furan rings is 1. The first-order valence-corrected chi connectivity index (χ1v) is 7.84. The van der Waals surface area contributed by atoms with Crippen LogP contribution < -0.4 is 10.6 Å². The number of nitro benzene ring substituents is 1. The van der Waals surface area contributed by atoms with E-state index in [1.54, 1.807) is 31.2 Å². The summed E-state index contributed by atoms with van der Waals surface area (Å²) in [4.78, 5) is 22.6. The summed E-state index contributed by atoms with van der Waals surface area (Å²) in [6, 6.07) is 7.30. The average Bonchev–Trinajstić information content (AvgIpc) is 3.00. The second-order valence-corrected chi connectivity index (χ2v) is 5.95. The lowest BCUT2D eigenvalue weighted by Crippen LogP contribution is -2.40. The molecule has 2 aromatic rings. The summed E-state index contributed by atoms with van der Waals surface area (Å²) in [6.45, 7) is 5.01. The van der Waals surface area contributed by atoms with E-state index in [4.69, 9.17) is 4.42 Å². The fraction of sp³-hybridized carbons (Fsp3) is 0.353. The van der Waals surface area contributed by atoms with E-state index in [1.165, 1.54) is 13.0 Å². The van der Waals surface area contributed by atoms with Crippen molar-refractivity contribution in [3.8, 4) is 0 Å². The molecule has 1 aromatic heterocycles. The molecule has 25 heavy (non-hydrogen) atoms. The molecule has 8 heteroatoms. The molecule has 2 rings (SSSR count). The molecule has 0 aliphatic heterocycles. The highest BCUT2D eigenvalue weighted by molar-refractivity contribution is 5.89. The smallest absolute Gasteiger partial charge is 0.319 e. The number of urea groups is 1. The van der Waals surface area contributed by atoms with Crippen LogP contribution >= 0.6 is 0 Å². The van der Waals surface area contributed by atoms with Crippen molar-refractivity contribution in [3.63, 3.8) is 0 Å². The number of benzene rings is 1. The van der Waals surface area contributed by atoms with Crippen LogP contribution in [-0.4, -0.2) is 22.6 Å². The molecule has 3 N–H and O–H groups in total. The molecule has 0 saturated heterocycles. The predicted octanol–water partition coefficient (Wildman–Crippen LogP) is 3.09. The maximum absolute atomic E-state index is 12.0. The summed E-state index contributed by atoms with van der Waals surface area (Å²) >= 11 is 0. The average molecular weight is 347 g/mol. The molecule has 0 aliphatic rings. The lowest BCUT2D eigenvalue weighted by atomic mass is 10.0. The van der Waals surface area contributed by atoms with Crippen LogP contribution in [0.25, 0.3) is 0 Å². The molecule has 0 fully saturated rings. The molecule has 1 unspecified atom stereocenters. The molecule has 1 atom stereocenters. The minimum atomic E-state index is -1.37. The Labute approximate surface area is 145 Å². The third kappa shape index (κ3) is 4.57. The van der Waals surface area contributed by atoms with E-state index in [-0.39, 0.29) is 12.2 Å². The monoisotopic (exact) mass is 347 g/mol. The van der Waals surface area contributed by atoms with Crippen LogP contribution in [0.1, 0.15) is 30.9 Å². The largest absolute Gasteiger partial charge is 0.463 e. The molecule has 0 spiro atoms. The summed E-state index contributed by atoms with van der Waals surface area (Å²) < 4.78 is 5.37. The van der Waals surface area contributed by atoms with E-state index in [2.05, 4.69) is 10.6 Å². The van der Waals surface area contributed by atoms with E-state index in [9.17, 15) is 20.0 Å². The van der Waals surface area contributed by atoms with Crippen molar-refractivity contribution in [3.05, 3.63) is 57.5 Å². The van der Waals surface area contributed by atoms with E-state index in [1.807, 2.05) is 6.92 Å². The number of hydrogen-bond donors (Lipinski definition) is 3. The summed E-state index contributed by atoms with van der Waals surface area (Å²) in [7, 11) is 0. The number of amides is 2. The number of aliphatic hydroxyl groups is 1. The van der Waals surface area contributed by atoms with Gasteiger partial charge in [-0.05, 0) is 38.5 Å². The molecule has 1 aromatic carbocycles. The number of rotatable bonds is 6. The normalized spacial score (nSPS) is 13.1. The highest BCUT2D eigenvalue weighted by atomic mass is 16.6. The number of nitro groups is 1. The molecular formula is C17H21N3O5. The third-order valence-electron chi connectivity index (χ3n) is 3.79. The Kier molecular flexibility index (Phi) is 5.43. The maximum atomic E-state index is 12.0. The lowest BCUT2D eigenvalue weighted by molar-refractivity contribution is -0.385. The van der Waals surface area contributed by atoms with Gasteiger partial charge in [0.2, 0.25) is 0 Å². The van der Waals surface area contributed by atoms with Crippen molar-refractivity contribution < 1.29 is 19.2 Å². The number of nitrogens with zero attached hydrogens (tertiary/aromatic N) is 1. The van der Waals surface area contributed by atoms with E-state index in [0.717, 1.165) is 0 Å². The minimum absolute atomic E-state index is 0.0432. The van der Waals surface area contributed by atoms with Gasteiger partial charge in [0.05, 0.1) is 11.5 Å². The van der Waals surface area contributed by atoms with Crippen LogP contribution in [0.4, 0.5) is 16.2 Å². The van der Waals surface area contributed by atoms with Crippen LogP contribution in [-0.2, 0) is 12.0 Å². The molecule has 0 radical (unpaired) electrons. The second kappa shape index (κ2) is 7.35. The van der Waals surface area contributed by atoms with Crippen molar-refractivity contribution in [2.75, 3.05) is 11.9 Å². The molecule has 1 heterocycles. The van der Waals surface area contributed by atoms with Gasteiger partial charge in [-0.15, -0.1) is 0 Å². The summed E-state index contributed by atoms with van der Waals surface area (Å²) in [5.41, 5.74) is -0.524. The summed E-state index contributed by atoms with van der Waals surface area (Å²) in [5, 5.41) is 26.5. The number of aryl methyl sites for hydroxylation is 2. The summed E-state index contributed by atoms with van der Waals surface area (Å²) in [5.74, 6) is 0.997. The number of nitrogens with one attached hydrogen (secondary N) is 2. The van der Waals surface area contributed by atoms with Gasteiger partial charge in [0.1, 0.15) is 17.1 Å². The van der Waals surface area contributed by atoms with Gasteiger partial charge in [0, 0.05) is 17.3 Å². The number of hydrogen-bond acceptors (Lipinski definition) is 5. The molecule has 8 nitrogen and oxygen atoms in total. The van der Waals surface area contributed by atoms with Gasteiger partial charge < -0.3 is 20.2 Å². The van der Waals surface area contributed by atoms with Gasteiger partial charge in [-0.1, -0.05) is 13.0 Å². The van der Waals surface area contributed by atoms with Crippen molar-refractivity contribution >= 4 is 17.4 Å². The zero-order valence-corrected chi connectivity index (χ0v) is 14.3. The predicted molar refractivity (Wildman–Crippen MR) is 92.5 cm³/mol. The van der Waals surface area contributed by atoms with E-state index < -0.39 is 16.6 Å².